The van der Waals surface area contributed by atoms with Gasteiger partial charge in [-0.15, -0.1) is 22.7 Å². The van der Waals surface area contributed by atoms with Gasteiger partial charge in [0.1, 0.15) is 0 Å². The summed E-state index contributed by atoms with van der Waals surface area (Å²) in [6.45, 7) is 4.81. The van der Waals surface area contributed by atoms with Crippen molar-refractivity contribution in [2.45, 2.75) is 44.6 Å². The Labute approximate surface area is 192 Å². The number of likely N-dealkylation sites (tertiary alicyclic amines) is 2. The van der Waals surface area contributed by atoms with Gasteiger partial charge in [-0.3, -0.25) is 14.5 Å². The average molecular weight is 458 g/mol. The summed E-state index contributed by atoms with van der Waals surface area (Å²) in [6.07, 6.45) is 6.25. The van der Waals surface area contributed by atoms with Crippen molar-refractivity contribution in [3.05, 3.63) is 44.3 Å². The van der Waals surface area contributed by atoms with Crippen LogP contribution in [0.3, 0.4) is 0 Å². The fraction of sp³-hybridized carbons (Fsp3) is 0.583. The number of piperidine rings is 2. The molecule has 0 N–H and O–H groups in total. The van der Waals surface area contributed by atoms with E-state index in [0.717, 1.165) is 64.8 Å². The molecule has 2 saturated heterocycles. The fourth-order valence-electron chi connectivity index (χ4n) is 5.33. The Hall–Kier alpha value is -1.70. The van der Waals surface area contributed by atoms with E-state index in [4.69, 9.17) is 0 Å². The molecule has 2 aromatic rings. The average Bonchev–Trinajstić information content (AvgIpc) is 3.51. The van der Waals surface area contributed by atoms with Crippen LogP contribution in [0.25, 0.3) is 0 Å². The first-order valence-electron chi connectivity index (χ1n) is 11.6. The summed E-state index contributed by atoms with van der Waals surface area (Å²) >= 11 is 3.55. The quantitative estimate of drug-likeness (QED) is 0.697. The van der Waals surface area contributed by atoms with E-state index in [1.807, 2.05) is 11.3 Å². The number of carbonyl (C=O) groups is 2. The van der Waals surface area contributed by atoms with Gasteiger partial charge in [-0.1, -0.05) is 6.07 Å². The molecule has 2 fully saturated rings. The Bertz CT molecular complexity index is 896. The third kappa shape index (κ3) is 4.45. The van der Waals surface area contributed by atoms with Gasteiger partial charge in [0.05, 0.1) is 12.6 Å². The predicted octanol–water partition coefficient (Wildman–Crippen LogP) is 4.01. The highest BCUT2D eigenvalue weighted by atomic mass is 32.1. The third-order valence-electron chi connectivity index (χ3n) is 7.06. The molecule has 5 rings (SSSR count). The molecule has 0 aromatic carbocycles. The van der Waals surface area contributed by atoms with E-state index in [-0.39, 0.29) is 17.9 Å². The van der Waals surface area contributed by atoms with Crippen LogP contribution in [-0.2, 0) is 16.0 Å². The van der Waals surface area contributed by atoms with Crippen LogP contribution < -0.4 is 0 Å². The topological polar surface area (TPSA) is 43.9 Å². The largest absolute Gasteiger partial charge is 0.342 e. The molecule has 0 unspecified atom stereocenters. The van der Waals surface area contributed by atoms with Crippen molar-refractivity contribution in [1.29, 1.82) is 0 Å². The highest BCUT2D eigenvalue weighted by Crippen LogP contribution is 2.39. The minimum atomic E-state index is 0.0562. The van der Waals surface area contributed by atoms with Gasteiger partial charge in [0.25, 0.3) is 0 Å². The van der Waals surface area contributed by atoms with E-state index in [0.29, 0.717) is 12.5 Å². The molecule has 3 aliphatic rings. The van der Waals surface area contributed by atoms with Gasteiger partial charge in [-0.2, -0.15) is 0 Å². The second kappa shape index (κ2) is 9.43. The Kier molecular flexibility index (Phi) is 6.44. The molecule has 2 amide bonds. The van der Waals surface area contributed by atoms with Crippen molar-refractivity contribution >= 4 is 34.5 Å². The molecule has 0 saturated carbocycles. The second-order valence-electron chi connectivity index (χ2n) is 8.99. The molecule has 0 bridgehead atoms. The molecular weight excluding hydrogens is 426 g/mol. The van der Waals surface area contributed by atoms with Crippen molar-refractivity contribution in [2.75, 3.05) is 39.3 Å². The van der Waals surface area contributed by atoms with E-state index >= 15 is 0 Å². The molecule has 7 heteroatoms. The SMILES string of the molecule is O=C(C1CCN(CC(=O)N2CCc3sccc3[C@@H]2c2cccs2)CC1)N1CCCCC1. The minimum Gasteiger partial charge on any atom is -0.342 e. The van der Waals surface area contributed by atoms with E-state index < -0.39 is 0 Å². The van der Waals surface area contributed by atoms with Gasteiger partial charge in [0.15, 0.2) is 0 Å². The first-order chi connectivity index (χ1) is 15.2. The van der Waals surface area contributed by atoms with Crippen LogP contribution in [-0.4, -0.2) is 65.8 Å². The Morgan fingerprint density at radius 2 is 1.74 bits per heavy atom. The third-order valence-corrected chi connectivity index (χ3v) is 8.98. The van der Waals surface area contributed by atoms with E-state index in [1.54, 1.807) is 11.3 Å². The lowest BCUT2D eigenvalue weighted by Gasteiger charge is -2.38. The van der Waals surface area contributed by atoms with Gasteiger partial charge in [-0.05, 0) is 80.1 Å². The zero-order valence-electron chi connectivity index (χ0n) is 18.0. The van der Waals surface area contributed by atoms with Crippen LogP contribution in [0, 0.1) is 5.92 Å². The summed E-state index contributed by atoms with van der Waals surface area (Å²) in [7, 11) is 0. The molecule has 5 heterocycles. The number of hydrogen-bond acceptors (Lipinski definition) is 5. The lowest BCUT2D eigenvalue weighted by Crippen LogP contribution is -2.48. The molecular formula is C24H31N3O2S2. The summed E-state index contributed by atoms with van der Waals surface area (Å²) in [5, 5.41) is 4.26. The summed E-state index contributed by atoms with van der Waals surface area (Å²) < 4.78 is 0. The normalized spacial score (nSPS) is 23.0. The number of hydrogen-bond donors (Lipinski definition) is 0. The number of carbonyl (C=O) groups excluding carboxylic acids is 2. The lowest BCUT2D eigenvalue weighted by molar-refractivity contribution is -0.138. The molecule has 31 heavy (non-hydrogen) atoms. The van der Waals surface area contributed by atoms with Crippen LogP contribution in [0.15, 0.2) is 29.0 Å². The Morgan fingerprint density at radius 1 is 0.935 bits per heavy atom. The first kappa shape index (κ1) is 21.2. The monoisotopic (exact) mass is 457 g/mol. The molecule has 1 atom stereocenters. The molecule has 2 aromatic heterocycles. The van der Waals surface area contributed by atoms with Crippen molar-refractivity contribution in [3.63, 3.8) is 0 Å². The number of rotatable bonds is 4. The van der Waals surface area contributed by atoms with Crippen LogP contribution in [0.1, 0.15) is 53.5 Å². The zero-order valence-corrected chi connectivity index (χ0v) is 19.6. The number of thiophene rings is 2. The van der Waals surface area contributed by atoms with E-state index in [2.05, 4.69) is 43.7 Å². The Balaban J connectivity index is 1.20. The van der Waals surface area contributed by atoms with Crippen molar-refractivity contribution in [2.24, 2.45) is 5.92 Å². The number of nitrogens with zero attached hydrogens (tertiary/aromatic N) is 3. The summed E-state index contributed by atoms with van der Waals surface area (Å²) in [5.74, 6) is 0.715. The van der Waals surface area contributed by atoms with Gasteiger partial charge >= 0.3 is 0 Å². The van der Waals surface area contributed by atoms with Crippen LogP contribution in [0.4, 0.5) is 0 Å². The highest BCUT2D eigenvalue weighted by Gasteiger charge is 2.35. The van der Waals surface area contributed by atoms with E-state index in [9.17, 15) is 9.59 Å². The molecule has 3 aliphatic heterocycles. The number of amides is 2. The summed E-state index contributed by atoms with van der Waals surface area (Å²) in [6, 6.07) is 6.48. The summed E-state index contributed by atoms with van der Waals surface area (Å²) in [4.78, 5) is 35.3. The van der Waals surface area contributed by atoms with Crippen molar-refractivity contribution in [3.8, 4) is 0 Å². The number of fused-ring (bicyclic) bond motifs is 1. The van der Waals surface area contributed by atoms with Gasteiger partial charge < -0.3 is 9.80 Å². The molecule has 166 valence electrons. The molecule has 5 nitrogen and oxygen atoms in total. The standard InChI is InChI=1S/C24H31N3O2S2/c28-22(17-25-12-6-18(7-13-25)24(29)26-10-2-1-3-11-26)27-14-8-20-19(9-16-31-20)23(27)21-5-4-15-30-21/h4-5,9,15-16,18,23H,1-3,6-8,10-14,17H2/t23-/m1/s1. The van der Waals surface area contributed by atoms with Crippen LogP contribution in [0.2, 0.25) is 0 Å². The van der Waals surface area contributed by atoms with Crippen LogP contribution >= 0.6 is 22.7 Å². The maximum absolute atomic E-state index is 13.4. The first-order valence-corrected chi connectivity index (χ1v) is 13.4. The van der Waals surface area contributed by atoms with E-state index in [1.165, 1.54) is 21.7 Å². The lowest BCUT2D eigenvalue weighted by atomic mass is 9.94. The molecule has 0 radical (unpaired) electrons. The minimum absolute atomic E-state index is 0.0562. The fourth-order valence-corrected chi connectivity index (χ4v) is 7.09. The van der Waals surface area contributed by atoms with Gasteiger partial charge in [-0.25, -0.2) is 0 Å². The van der Waals surface area contributed by atoms with Crippen molar-refractivity contribution in [1.82, 2.24) is 14.7 Å². The highest BCUT2D eigenvalue weighted by molar-refractivity contribution is 7.10. The molecule has 0 aliphatic carbocycles. The maximum atomic E-state index is 13.4. The molecule has 0 spiro atoms. The van der Waals surface area contributed by atoms with Gasteiger partial charge in [0, 0.05) is 35.3 Å². The van der Waals surface area contributed by atoms with Crippen molar-refractivity contribution < 1.29 is 9.59 Å². The summed E-state index contributed by atoms with van der Waals surface area (Å²) in [5.41, 5.74) is 1.30. The van der Waals surface area contributed by atoms with Crippen LogP contribution in [0.5, 0.6) is 0 Å². The Morgan fingerprint density at radius 3 is 2.48 bits per heavy atom. The smallest absolute Gasteiger partial charge is 0.237 e. The predicted molar refractivity (Wildman–Crippen MR) is 125 cm³/mol. The maximum Gasteiger partial charge on any atom is 0.237 e. The second-order valence-corrected chi connectivity index (χ2v) is 11.0. The van der Waals surface area contributed by atoms with Gasteiger partial charge in [0.2, 0.25) is 11.8 Å². The zero-order chi connectivity index (χ0) is 21.2.